The van der Waals surface area contributed by atoms with E-state index in [2.05, 4.69) is 47.4 Å². The molecule has 1 unspecified atom stereocenters. The lowest BCUT2D eigenvalue weighted by atomic mass is 9.92. The number of nitrogens with one attached hydrogen (secondary N) is 1. The van der Waals surface area contributed by atoms with Crippen LogP contribution in [-0.4, -0.2) is 25.9 Å². The van der Waals surface area contributed by atoms with Crippen molar-refractivity contribution >= 4 is 5.69 Å². The van der Waals surface area contributed by atoms with Crippen LogP contribution in [-0.2, 0) is 12.8 Å². The van der Waals surface area contributed by atoms with Crippen LogP contribution in [0.15, 0.2) is 42.6 Å². The van der Waals surface area contributed by atoms with Crippen LogP contribution in [0.25, 0.3) is 5.82 Å². The van der Waals surface area contributed by atoms with Gasteiger partial charge >= 0.3 is 0 Å². The summed E-state index contributed by atoms with van der Waals surface area (Å²) in [4.78, 5) is 4.29. The van der Waals surface area contributed by atoms with E-state index in [9.17, 15) is 5.11 Å². The van der Waals surface area contributed by atoms with Gasteiger partial charge in [0.25, 0.3) is 0 Å². The monoisotopic (exact) mass is 334 g/mol. The maximum absolute atomic E-state index is 10.6. The highest BCUT2D eigenvalue weighted by atomic mass is 16.3. The Balaban J connectivity index is 1.59. The molecule has 3 aromatic rings. The summed E-state index contributed by atoms with van der Waals surface area (Å²) in [5, 5.41) is 18.9. The minimum Gasteiger partial charge on any atom is -0.493 e. The number of anilines is 1. The van der Waals surface area contributed by atoms with Crippen LogP contribution in [0, 0.1) is 13.8 Å². The van der Waals surface area contributed by atoms with E-state index in [-0.39, 0.29) is 5.88 Å². The molecule has 0 amide bonds. The number of aromatic hydroxyl groups is 1. The van der Waals surface area contributed by atoms with E-state index in [0.717, 1.165) is 30.5 Å². The summed E-state index contributed by atoms with van der Waals surface area (Å²) in [5.41, 5.74) is 5.56. The molecule has 1 aliphatic rings. The number of rotatable bonds is 3. The second-order valence-corrected chi connectivity index (χ2v) is 6.75. The molecule has 2 aromatic heterocycles. The Morgan fingerprint density at radius 1 is 1.20 bits per heavy atom. The summed E-state index contributed by atoms with van der Waals surface area (Å²) in [6.07, 6.45) is 4.33. The molecule has 0 radical (unpaired) electrons. The van der Waals surface area contributed by atoms with Crippen LogP contribution in [0.5, 0.6) is 5.88 Å². The number of benzene rings is 1. The number of fused-ring (bicyclic) bond motifs is 1. The molecule has 0 saturated heterocycles. The van der Waals surface area contributed by atoms with E-state index in [0.29, 0.717) is 11.9 Å². The third-order valence-corrected chi connectivity index (χ3v) is 4.84. The number of aryl methyl sites for hydroxylation is 3. The van der Waals surface area contributed by atoms with Crippen molar-refractivity contribution in [2.75, 3.05) is 5.32 Å². The van der Waals surface area contributed by atoms with Gasteiger partial charge in [-0.3, -0.25) is 0 Å². The molecule has 2 N–H and O–H groups in total. The Hall–Kier alpha value is -2.82. The lowest BCUT2D eigenvalue weighted by molar-refractivity contribution is 0.424. The largest absolute Gasteiger partial charge is 0.493 e. The molecule has 1 atom stereocenters. The van der Waals surface area contributed by atoms with Gasteiger partial charge in [-0.25, -0.2) is 4.98 Å². The first-order valence-electron chi connectivity index (χ1n) is 8.67. The molecular weight excluding hydrogens is 312 g/mol. The molecule has 25 heavy (non-hydrogen) atoms. The fourth-order valence-corrected chi connectivity index (χ4v) is 3.43. The fourth-order valence-electron chi connectivity index (χ4n) is 3.43. The van der Waals surface area contributed by atoms with E-state index in [1.54, 1.807) is 10.9 Å². The molecule has 0 aliphatic heterocycles. The zero-order valence-electron chi connectivity index (χ0n) is 14.5. The molecule has 1 aromatic carbocycles. The molecule has 0 bridgehead atoms. The topological polar surface area (TPSA) is 63.0 Å². The van der Waals surface area contributed by atoms with Crippen LogP contribution in [0.2, 0.25) is 0 Å². The number of nitrogens with zero attached hydrogens (tertiary/aromatic N) is 3. The van der Waals surface area contributed by atoms with Crippen LogP contribution in [0.1, 0.15) is 28.8 Å². The SMILES string of the molecule is Cc1ccc(C)c(NC2CCc3nn(-c4ccccn4)c(O)c3C2)c1. The van der Waals surface area contributed by atoms with E-state index >= 15 is 0 Å². The van der Waals surface area contributed by atoms with Gasteiger partial charge < -0.3 is 10.4 Å². The van der Waals surface area contributed by atoms with Crippen molar-refractivity contribution in [3.63, 3.8) is 0 Å². The summed E-state index contributed by atoms with van der Waals surface area (Å²) in [5.74, 6) is 0.856. The molecule has 0 spiro atoms. The van der Waals surface area contributed by atoms with Gasteiger partial charge in [-0.15, -0.1) is 0 Å². The molecule has 2 heterocycles. The van der Waals surface area contributed by atoms with Crippen LogP contribution in [0.4, 0.5) is 5.69 Å². The Labute approximate surface area is 147 Å². The van der Waals surface area contributed by atoms with E-state index < -0.39 is 0 Å². The molecule has 0 fully saturated rings. The average molecular weight is 334 g/mol. The molecule has 4 rings (SSSR count). The number of hydrogen-bond acceptors (Lipinski definition) is 4. The van der Waals surface area contributed by atoms with Gasteiger partial charge in [0.1, 0.15) is 0 Å². The summed E-state index contributed by atoms with van der Waals surface area (Å²) in [7, 11) is 0. The van der Waals surface area contributed by atoms with Gasteiger partial charge in [-0.1, -0.05) is 18.2 Å². The van der Waals surface area contributed by atoms with Gasteiger partial charge in [0.2, 0.25) is 5.88 Å². The summed E-state index contributed by atoms with van der Waals surface area (Å²) < 4.78 is 1.55. The van der Waals surface area contributed by atoms with Gasteiger partial charge in [-0.2, -0.15) is 9.78 Å². The third-order valence-electron chi connectivity index (χ3n) is 4.84. The van der Waals surface area contributed by atoms with Crippen molar-refractivity contribution in [1.82, 2.24) is 14.8 Å². The first-order valence-corrected chi connectivity index (χ1v) is 8.67. The highest BCUT2D eigenvalue weighted by Crippen LogP contribution is 2.32. The normalized spacial score (nSPS) is 16.5. The third kappa shape index (κ3) is 2.97. The quantitative estimate of drug-likeness (QED) is 0.769. The summed E-state index contributed by atoms with van der Waals surface area (Å²) >= 11 is 0. The van der Waals surface area contributed by atoms with Gasteiger partial charge in [0.15, 0.2) is 5.82 Å². The lowest BCUT2D eigenvalue weighted by Crippen LogP contribution is -2.27. The Kier molecular flexibility index (Phi) is 3.92. The van der Waals surface area contributed by atoms with Crippen molar-refractivity contribution in [3.8, 4) is 11.7 Å². The van der Waals surface area contributed by atoms with E-state index in [4.69, 9.17) is 0 Å². The summed E-state index contributed by atoms with van der Waals surface area (Å²) in [6, 6.07) is 12.3. The predicted octanol–water partition coefficient (Wildman–Crippen LogP) is 3.56. The van der Waals surface area contributed by atoms with Crippen molar-refractivity contribution in [3.05, 3.63) is 65.0 Å². The maximum Gasteiger partial charge on any atom is 0.219 e. The van der Waals surface area contributed by atoms with E-state index in [1.165, 1.54) is 16.8 Å². The summed E-state index contributed by atoms with van der Waals surface area (Å²) in [6.45, 7) is 4.22. The number of pyridine rings is 1. The van der Waals surface area contributed by atoms with Crippen LogP contribution in [0.3, 0.4) is 0 Å². The van der Waals surface area contributed by atoms with Crippen molar-refractivity contribution < 1.29 is 5.11 Å². The highest BCUT2D eigenvalue weighted by Gasteiger charge is 2.27. The van der Waals surface area contributed by atoms with Crippen LogP contribution < -0.4 is 5.32 Å². The first kappa shape index (κ1) is 15.7. The zero-order chi connectivity index (χ0) is 17.4. The van der Waals surface area contributed by atoms with Crippen molar-refractivity contribution in [2.24, 2.45) is 0 Å². The Morgan fingerprint density at radius 3 is 2.88 bits per heavy atom. The zero-order valence-corrected chi connectivity index (χ0v) is 14.5. The second kappa shape index (κ2) is 6.24. The smallest absolute Gasteiger partial charge is 0.219 e. The van der Waals surface area contributed by atoms with Gasteiger partial charge in [-0.05, 0) is 62.4 Å². The first-order chi connectivity index (χ1) is 12.1. The van der Waals surface area contributed by atoms with Gasteiger partial charge in [0, 0.05) is 23.5 Å². The Morgan fingerprint density at radius 2 is 2.08 bits per heavy atom. The maximum atomic E-state index is 10.6. The minimum atomic E-state index is 0.209. The average Bonchev–Trinajstić information content (AvgIpc) is 2.95. The molecular formula is C20H22N4O. The van der Waals surface area contributed by atoms with Crippen molar-refractivity contribution in [1.29, 1.82) is 0 Å². The highest BCUT2D eigenvalue weighted by molar-refractivity contribution is 5.54. The molecule has 5 heteroatoms. The predicted molar refractivity (Wildman–Crippen MR) is 98.4 cm³/mol. The van der Waals surface area contributed by atoms with Crippen molar-refractivity contribution in [2.45, 2.75) is 39.2 Å². The second-order valence-electron chi connectivity index (χ2n) is 6.75. The molecule has 0 saturated carbocycles. The molecule has 5 nitrogen and oxygen atoms in total. The minimum absolute atomic E-state index is 0.209. The number of aromatic nitrogens is 3. The van der Waals surface area contributed by atoms with Gasteiger partial charge in [0.05, 0.1) is 5.69 Å². The fraction of sp³-hybridized carbons (Fsp3) is 0.300. The Bertz CT molecular complexity index is 902. The lowest BCUT2D eigenvalue weighted by Gasteiger charge is -2.24. The molecule has 128 valence electrons. The van der Waals surface area contributed by atoms with Crippen LogP contribution >= 0.6 is 0 Å². The molecule has 1 aliphatic carbocycles. The standard InChI is InChI=1S/C20H22N4O/c1-13-6-7-14(2)18(11-13)22-15-8-9-17-16(12-15)20(25)24(23-17)19-5-3-4-10-21-19/h3-7,10-11,15,22,25H,8-9,12H2,1-2H3. The van der Waals surface area contributed by atoms with E-state index in [1.807, 2.05) is 18.2 Å². The number of hydrogen-bond donors (Lipinski definition) is 2.